The van der Waals surface area contributed by atoms with E-state index in [2.05, 4.69) is 25.3 Å². The van der Waals surface area contributed by atoms with E-state index in [0.29, 0.717) is 0 Å². The molecule has 0 aromatic carbocycles. The number of hydrogen-bond acceptors (Lipinski definition) is 11. The Labute approximate surface area is 143 Å². The van der Waals surface area contributed by atoms with Crippen LogP contribution in [-0.2, 0) is 14.2 Å². The van der Waals surface area contributed by atoms with Crippen molar-refractivity contribution in [3.05, 3.63) is 0 Å². The van der Waals surface area contributed by atoms with Gasteiger partial charge in [0.1, 0.15) is 36.6 Å². The summed E-state index contributed by atoms with van der Waals surface area (Å²) in [7, 11) is 0. The summed E-state index contributed by atoms with van der Waals surface area (Å²) in [5.41, 5.74) is 0. The molecule has 6 unspecified atom stereocenters. The molecule has 0 aliphatic carbocycles. The molecule has 0 amide bonds. The van der Waals surface area contributed by atoms with Crippen LogP contribution in [0.5, 0.6) is 0 Å². The second kappa shape index (κ2) is 8.15. The monoisotopic (exact) mass is 374 g/mol. The Morgan fingerprint density at radius 3 is 1.87 bits per heavy atom. The first-order chi connectivity index (χ1) is 10.8. The minimum absolute atomic E-state index is 0.0511. The molecule has 0 aromatic rings. The first kappa shape index (κ1) is 19.7. The van der Waals surface area contributed by atoms with Crippen molar-refractivity contribution < 1.29 is 44.8 Å². The van der Waals surface area contributed by atoms with E-state index >= 15 is 0 Å². The van der Waals surface area contributed by atoms with Crippen LogP contribution in [0.3, 0.4) is 0 Å². The highest BCUT2D eigenvalue weighted by molar-refractivity contribution is 7.80. The maximum Gasteiger partial charge on any atom is 0.187 e. The summed E-state index contributed by atoms with van der Waals surface area (Å²) in [6, 6.07) is 0. The standard InChI is InChI=1S/C12H22O9S2/c13-5-3(1-22)20-12(9(17)6(5)14)21-10-4(2-23)19-11(18)8(16)7(10)15/h3-18,22-23H,1-2H2/t3?,4?,5-,6?,7?,8?,9?,10+,11+,12-/m0/s1. The SMILES string of the molecule is OC1C(O)[C@@H](O)C(CS)O[C@H]1O[C@@H]1C(CS)O[C@@H](O)C(O)C1O. The fourth-order valence-corrected chi connectivity index (χ4v) is 3.17. The van der Waals surface area contributed by atoms with Crippen molar-refractivity contribution in [3.8, 4) is 0 Å². The Kier molecular flexibility index (Phi) is 6.96. The van der Waals surface area contributed by atoms with Crippen LogP contribution in [-0.4, -0.2) is 104 Å². The molecular formula is C12H22O9S2. The highest BCUT2D eigenvalue weighted by Gasteiger charge is 2.49. The van der Waals surface area contributed by atoms with E-state index in [4.69, 9.17) is 14.2 Å². The molecule has 0 spiro atoms. The summed E-state index contributed by atoms with van der Waals surface area (Å²) >= 11 is 8.02. The first-order valence-electron chi connectivity index (χ1n) is 7.08. The van der Waals surface area contributed by atoms with Gasteiger partial charge in [-0.25, -0.2) is 0 Å². The molecule has 2 saturated heterocycles. The summed E-state index contributed by atoms with van der Waals surface area (Å²) in [6.45, 7) is 0. The minimum Gasteiger partial charge on any atom is -0.388 e. The van der Waals surface area contributed by atoms with Crippen LogP contribution in [0.4, 0.5) is 0 Å². The number of aliphatic hydroxyl groups excluding tert-OH is 6. The molecule has 6 N–H and O–H groups in total. The summed E-state index contributed by atoms with van der Waals surface area (Å²) in [4.78, 5) is 0. The highest BCUT2D eigenvalue weighted by Crippen LogP contribution is 2.29. The Bertz CT molecular complexity index is 386. The smallest absolute Gasteiger partial charge is 0.187 e. The molecule has 2 aliphatic heterocycles. The molecule has 11 heteroatoms. The predicted molar refractivity (Wildman–Crippen MR) is 82.2 cm³/mol. The topological polar surface area (TPSA) is 149 Å². The summed E-state index contributed by atoms with van der Waals surface area (Å²) in [6.07, 6.45) is -13.5. The van der Waals surface area contributed by atoms with E-state index in [9.17, 15) is 30.6 Å². The molecule has 9 nitrogen and oxygen atoms in total. The van der Waals surface area contributed by atoms with Gasteiger partial charge in [-0.15, -0.1) is 0 Å². The van der Waals surface area contributed by atoms with Gasteiger partial charge < -0.3 is 44.8 Å². The van der Waals surface area contributed by atoms with Crippen molar-refractivity contribution in [1.29, 1.82) is 0 Å². The molecule has 0 bridgehead atoms. The lowest BCUT2D eigenvalue weighted by Crippen LogP contribution is -2.64. The van der Waals surface area contributed by atoms with Gasteiger partial charge in [0, 0.05) is 11.5 Å². The van der Waals surface area contributed by atoms with Crippen LogP contribution in [0.2, 0.25) is 0 Å². The molecular weight excluding hydrogens is 352 g/mol. The molecule has 2 rings (SSSR count). The van der Waals surface area contributed by atoms with Crippen LogP contribution in [0.15, 0.2) is 0 Å². The maximum atomic E-state index is 10.1. The van der Waals surface area contributed by atoms with Gasteiger partial charge in [-0.3, -0.25) is 0 Å². The van der Waals surface area contributed by atoms with Crippen molar-refractivity contribution in [2.45, 2.75) is 61.4 Å². The zero-order valence-electron chi connectivity index (χ0n) is 12.0. The third kappa shape index (κ3) is 3.96. The third-order valence-corrected chi connectivity index (χ3v) is 4.70. The number of thiol groups is 2. The van der Waals surface area contributed by atoms with Gasteiger partial charge in [-0.1, -0.05) is 0 Å². The van der Waals surface area contributed by atoms with Crippen LogP contribution in [0, 0.1) is 0 Å². The molecule has 0 saturated carbocycles. The molecule has 2 heterocycles. The second-order valence-corrected chi connectivity index (χ2v) is 6.26. The van der Waals surface area contributed by atoms with Crippen molar-refractivity contribution in [2.24, 2.45) is 0 Å². The molecule has 23 heavy (non-hydrogen) atoms. The fraction of sp³-hybridized carbons (Fsp3) is 1.00. The first-order valence-corrected chi connectivity index (χ1v) is 8.34. The zero-order chi connectivity index (χ0) is 17.3. The van der Waals surface area contributed by atoms with Gasteiger partial charge in [-0.05, 0) is 0 Å². The number of aliphatic hydroxyl groups is 6. The van der Waals surface area contributed by atoms with E-state index in [0.717, 1.165) is 0 Å². The van der Waals surface area contributed by atoms with E-state index in [-0.39, 0.29) is 11.5 Å². The summed E-state index contributed by atoms with van der Waals surface area (Å²) < 4.78 is 15.9. The molecule has 2 fully saturated rings. The Hall–Kier alpha value is 0.340. The van der Waals surface area contributed by atoms with Crippen molar-refractivity contribution in [3.63, 3.8) is 0 Å². The van der Waals surface area contributed by atoms with Crippen molar-refractivity contribution in [2.75, 3.05) is 11.5 Å². The van der Waals surface area contributed by atoms with Crippen LogP contribution >= 0.6 is 25.3 Å². The summed E-state index contributed by atoms with van der Waals surface area (Å²) in [5.74, 6) is 0.112. The average Bonchev–Trinajstić information content (AvgIpc) is 2.55. The molecule has 0 radical (unpaired) electrons. The number of hydrogen-bond donors (Lipinski definition) is 8. The van der Waals surface area contributed by atoms with Crippen molar-refractivity contribution in [1.82, 2.24) is 0 Å². The molecule has 2 aliphatic rings. The minimum atomic E-state index is -1.62. The lowest BCUT2D eigenvalue weighted by atomic mass is 9.97. The molecule has 10 atom stereocenters. The summed E-state index contributed by atoms with van der Waals surface area (Å²) in [5, 5.41) is 58.8. The highest BCUT2D eigenvalue weighted by atomic mass is 32.1. The van der Waals surface area contributed by atoms with Crippen LogP contribution in [0.25, 0.3) is 0 Å². The third-order valence-electron chi connectivity index (χ3n) is 3.98. The van der Waals surface area contributed by atoms with Gasteiger partial charge in [0.2, 0.25) is 0 Å². The van der Waals surface area contributed by atoms with Gasteiger partial charge in [0.15, 0.2) is 12.6 Å². The van der Waals surface area contributed by atoms with Crippen LogP contribution in [0.1, 0.15) is 0 Å². The quantitative estimate of drug-likeness (QED) is 0.234. The lowest BCUT2D eigenvalue weighted by molar-refractivity contribution is -0.346. The molecule has 0 aromatic heterocycles. The Balaban J connectivity index is 2.11. The molecule has 136 valence electrons. The van der Waals surface area contributed by atoms with E-state index in [1.807, 2.05) is 0 Å². The zero-order valence-corrected chi connectivity index (χ0v) is 13.8. The van der Waals surface area contributed by atoms with Gasteiger partial charge >= 0.3 is 0 Å². The lowest BCUT2D eigenvalue weighted by Gasteiger charge is -2.45. The van der Waals surface area contributed by atoms with Gasteiger partial charge in [0.05, 0.1) is 12.2 Å². The Morgan fingerprint density at radius 2 is 1.30 bits per heavy atom. The van der Waals surface area contributed by atoms with E-state index < -0.39 is 61.4 Å². The largest absolute Gasteiger partial charge is 0.388 e. The average molecular weight is 374 g/mol. The normalized spacial score (nSPS) is 51.7. The van der Waals surface area contributed by atoms with Crippen LogP contribution < -0.4 is 0 Å². The Morgan fingerprint density at radius 1 is 0.696 bits per heavy atom. The predicted octanol–water partition coefficient (Wildman–Crippen LogP) is -3.52. The van der Waals surface area contributed by atoms with Crippen molar-refractivity contribution >= 4 is 25.3 Å². The van der Waals surface area contributed by atoms with E-state index in [1.165, 1.54) is 0 Å². The number of rotatable bonds is 4. The van der Waals surface area contributed by atoms with Gasteiger partial charge in [-0.2, -0.15) is 25.3 Å². The van der Waals surface area contributed by atoms with E-state index in [1.54, 1.807) is 0 Å². The second-order valence-electron chi connectivity index (χ2n) is 5.53. The van der Waals surface area contributed by atoms with Gasteiger partial charge in [0.25, 0.3) is 0 Å². The maximum absolute atomic E-state index is 10.1. The number of ether oxygens (including phenoxy) is 3. The fourth-order valence-electron chi connectivity index (χ4n) is 2.57.